The zero-order chi connectivity index (χ0) is 44.4. The number of hydrogen-bond acceptors (Lipinski definition) is 15. The molecule has 330 valence electrons. The Morgan fingerprint density at radius 3 is 1.64 bits per heavy atom. The summed E-state index contributed by atoms with van der Waals surface area (Å²) in [5.74, 6) is 3.52. The van der Waals surface area contributed by atoms with Gasteiger partial charge in [-0.25, -0.2) is 9.97 Å². The van der Waals surface area contributed by atoms with Crippen LogP contribution in [0.1, 0.15) is 64.0 Å². The van der Waals surface area contributed by atoms with Crippen molar-refractivity contribution >= 4 is 45.3 Å². The maximum atomic E-state index is 5.63. The lowest BCUT2D eigenvalue weighted by molar-refractivity contribution is -0.0499. The van der Waals surface area contributed by atoms with Gasteiger partial charge in [-0.2, -0.15) is 20.4 Å². The summed E-state index contributed by atoms with van der Waals surface area (Å²) >= 11 is 0. The predicted molar refractivity (Wildman–Crippen MR) is 249 cm³/mol. The molecule has 0 atom stereocenters. The maximum absolute atomic E-state index is 5.63. The highest BCUT2D eigenvalue weighted by Gasteiger charge is 2.26. The Morgan fingerprint density at radius 2 is 1.14 bits per heavy atom. The van der Waals surface area contributed by atoms with Crippen molar-refractivity contribution in [1.82, 2.24) is 64.8 Å². The summed E-state index contributed by atoms with van der Waals surface area (Å²) in [6.45, 7) is 16.7. The summed E-state index contributed by atoms with van der Waals surface area (Å²) in [5, 5.41) is 31.9. The Balaban J connectivity index is 0.000000178. The van der Waals surface area contributed by atoms with Crippen LogP contribution in [0, 0.1) is 0 Å². The topological polar surface area (TPSA) is 185 Å². The number of rotatable bonds is 17. The fraction of sp³-hybridized carbons (Fsp3) is 0.362. The van der Waals surface area contributed by atoms with E-state index in [1.807, 2.05) is 82.8 Å². The van der Waals surface area contributed by atoms with Crippen LogP contribution >= 0.6 is 0 Å². The maximum Gasteiger partial charge on any atom is 0.154 e. The third kappa shape index (κ3) is 11.2. The van der Waals surface area contributed by atoms with Crippen LogP contribution in [0.3, 0.4) is 0 Å². The molecule has 8 aromatic heterocycles. The molecular weight excluding hydrogens is 807 g/mol. The normalized spacial score (nSPS) is 13.1. The zero-order valence-electron chi connectivity index (χ0n) is 37.3. The van der Waals surface area contributed by atoms with Crippen molar-refractivity contribution in [3.05, 3.63) is 109 Å². The quantitative estimate of drug-likeness (QED) is 0.0895. The first-order valence-corrected chi connectivity index (χ1v) is 21.8. The molecule has 1 aliphatic heterocycles. The first kappa shape index (κ1) is 43.8. The number of aryl methyl sites for hydroxylation is 1. The van der Waals surface area contributed by atoms with Crippen LogP contribution in [0.2, 0.25) is 0 Å². The Kier molecular flexibility index (Phi) is 14.1. The summed E-state index contributed by atoms with van der Waals surface area (Å²) in [6.07, 6.45) is 16.6. The number of methoxy groups -OCH3 is 1. The van der Waals surface area contributed by atoms with E-state index in [2.05, 4.69) is 103 Å². The van der Waals surface area contributed by atoms with Crippen molar-refractivity contribution in [2.45, 2.75) is 72.1 Å². The van der Waals surface area contributed by atoms with Gasteiger partial charge in [0.2, 0.25) is 0 Å². The van der Waals surface area contributed by atoms with E-state index in [4.69, 9.17) is 19.4 Å². The van der Waals surface area contributed by atoms with E-state index in [0.29, 0.717) is 54.4 Å². The van der Waals surface area contributed by atoms with Crippen LogP contribution in [0.5, 0.6) is 0 Å². The highest BCUT2D eigenvalue weighted by Crippen LogP contribution is 2.26. The Bertz CT molecular complexity index is 2780. The van der Waals surface area contributed by atoms with Gasteiger partial charge < -0.3 is 20.1 Å². The number of ether oxygens (including phenoxy) is 2. The molecule has 9 heterocycles. The third-order valence-corrected chi connectivity index (χ3v) is 10.9. The van der Waals surface area contributed by atoms with Gasteiger partial charge in [0.25, 0.3) is 0 Å². The van der Waals surface area contributed by atoms with Crippen LogP contribution in [0.4, 0.5) is 23.3 Å². The number of likely N-dealkylation sites (tertiary alicyclic amines) is 1. The largest absolute Gasteiger partial charge is 0.383 e. The van der Waals surface area contributed by atoms with Crippen molar-refractivity contribution in [2.24, 2.45) is 0 Å². The number of nitrogens with one attached hydrogen (secondary N) is 2. The van der Waals surface area contributed by atoms with E-state index < -0.39 is 0 Å². The molecule has 0 bridgehead atoms. The minimum atomic E-state index is 0.381. The van der Waals surface area contributed by atoms with Crippen LogP contribution in [-0.2, 0) is 22.6 Å². The fourth-order valence-corrected chi connectivity index (χ4v) is 7.20. The molecule has 8 aromatic rings. The molecule has 0 radical (unpaired) electrons. The molecule has 0 aromatic carbocycles. The molecule has 0 spiro atoms. The van der Waals surface area contributed by atoms with Crippen LogP contribution < -0.4 is 10.6 Å². The molecular formula is C47H55N15O2. The van der Waals surface area contributed by atoms with Crippen molar-refractivity contribution in [1.29, 1.82) is 0 Å². The second-order valence-electron chi connectivity index (χ2n) is 16.4. The van der Waals surface area contributed by atoms with E-state index in [9.17, 15) is 0 Å². The second-order valence-corrected chi connectivity index (χ2v) is 16.4. The lowest BCUT2D eigenvalue weighted by Crippen LogP contribution is -2.52. The second kappa shape index (κ2) is 20.6. The van der Waals surface area contributed by atoms with Gasteiger partial charge in [-0.05, 0) is 84.8 Å². The number of anilines is 4. The number of fused-ring (bicyclic) bond motifs is 2. The van der Waals surface area contributed by atoms with E-state index in [0.717, 1.165) is 94.7 Å². The Labute approximate surface area is 372 Å². The lowest BCUT2D eigenvalue weighted by Gasteiger charge is -2.38. The molecule has 9 rings (SSSR count). The molecule has 0 saturated carbocycles. The molecule has 17 nitrogen and oxygen atoms in total. The van der Waals surface area contributed by atoms with Gasteiger partial charge in [-0.3, -0.25) is 24.2 Å². The SMILES string of the molecule is CCOC1CN(CCCn2cc(-c3cnc4ccc(Nc5cc(C(C)C)cnn5)nc4c3)cn2)C1.COCCn1cc(-c2cnc3ccc(Nc4cc(C(C)C)cnn4)nc3c2)cn1. The van der Waals surface area contributed by atoms with E-state index in [1.165, 1.54) is 0 Å². The van der Waals surface area contributed by atoms with E-state index in [-0.39, 0.29) is 0 Å². The van der Waals surface area contributed by atoms with Crippen LogP contribution in [-0.4, -0.2) is 111 Å². The minimum absolute atomic E-state index is 0.381. The Morgan fingerprint density at radius 1 is 0.609 bits per heavy atom. The summed E-state index contributed by atoms with van der Waals surface area (Å²) in [4.78, 5) is 21.0. The predicted octanol–water partition coefficient (Wildman–Crippen LogP) is 8.06. The van der Waals surface area contributed by atoms with Crippen molar-refractivity contribution in [3.63, 3.8) is 0 Å². The summed E-state index contributed by atoms with van der Waals surface area (Å²) in [7, 11) is 1.68. The van der Waals surface area contributed by atoms with E-state index >= 15 is 0 Å². The van der Waals surface area contributed by atoms with Gasteiger partial charge in [-0.1, -0.05) is 27.7 Å². The molecule has 2 N–H and O–H groups in total. The molecule has 1 fully saturated rings. The van der Waals surface area contributed by atoms with Gasteiger partial charge in [0, 0.05) is 86.9 Å². The number of pyridine rings is 4. The molecule has 0 unspecified atom stereocenters. The van der Waals surface area contributed by atoms with Gasteiger partial charge in [-0.15, -0.1) is 10.2 Å². The summed E-state index contributed by atoms with van der Waals surface area (Å²) < 4.78 is 14.6. The number of aromatic nitrogens is 12. The van der Waals surface area contributed by atoms with Gasteiger partial charge >= 0.3 is 0 Å². The molecule has 0 aliphatic carbocycles. The van der Waals surface area contributed by atoms with Crippen LogP contribution in [0.25, 0.3) is 44.3 Å². The van der Waals surface area contributed by atoms with Gasteiger partial charge in [0.15, 0.2) is 11.6 Å². The lowest BCUT2D eigenvalue weighted by atomic mass is 10.1. The molecule has 0 amide bonds. The molecule has 17 heteroatoms. The highest BCUT2D eigenvalue weighted by atomic mass is 16.5. The average molecular weight is 862 g/mol. The number of nitrogens with zero attached hydrogens (tertiary/aromatic N) is 13. The minimum Gasteiger partial charge on any atom is -0.383 e. The average Bonchev–Trinajstić information content (AvgIpc) is 3.98. The first-order valence-electron chi connectivity index (χ1n) is 21.8. The third-order valence-electron chi connectivity index (χ3n) is 10.9. The molecule has 1 saturated heterocycles. The summed E-state index contributed by atoms with van der Waals surface area (Å²) in [5.41, 5.74) is 9.52. The monoisotopic (exact) mass is 861 g/mol. The van der Waals surface area contributed by atoms with Gasteiger partial charge in [0.1, 0.15) is 11.6 Å². The van der Waals surface area contributed by atoms with Crippen molar-refractivity contribution in [3.8, 4) is 22.3 Å². The number of hydrogen-bond donors (Lipinski definition) is 2. The van der Waals surface area contributed by atoms with Crippen molar-refractivity contribution < 1.29 is 9.47 Å². The molecule has 1 aliphatic rings. The fourth-order valence-electron chi connectivity index (χ4n) is 7.20. The van der Waals surface area contributed by atoms with E-state index in [1.54, 1.807) is 19.5 Å². The molecule has 64 heavy (non-hydrogen) atoms. The standard InChI is InChI=1S/C26H32N8O.C21H23N7O/c1-4-35-22-16-33(17-22)8-5-9-34-15-21(14-29-34)20-10-24-23(27-12-20)6-7-25(30-24)31-26-11-19(18(2)3)13-28-32-26;1-14(2)15-9-21(27-23-11-15)26-20-5-4-18-19(25-20)8-16(10-22-18)17-12-24-28(13-17)6-7-29-3/h6-7,10-15,18,22H,4-5,8-9,16-17H2,1-3H3,(H,30,31,32);4-5,8-14H,6-7H2,1-3H3,(H,25,26,27). The summed E-state index contributed by atoms with van der Waals surface area (Å²) in [6, 6.07) is 15.8. The van der Waals surface area contributed by atoms with Gasteiger partial charge in [0.05, 0.1) is 66.1 Å². The smallest absolute Gasteiger partial charge is 0.154 e. The van der Waals surface area contributed by atoms with Crippen molar-refractivity contribution in [2.75, 3.05) is 50.6 Å². The van der Waals surface area contributed by atoms with Crippen LogP contribution in [0.15, 0.2) is 98.1 Å². The zero-order valence-corrected chi connectivity index (χ0v) is 37.3. The Hall–Kier alpha value is -6.82. The first-order chi connectivity index (χ1) is 31.2. The highest BCUT2D eigenvalue weighted by molar-refractivity contribution is 5.83.